The van der Waals surface area contributed by atoms with Crippen LogP contribution in [0.15, 0.2) is 24.5 Å². The normalized spacial score (nSPS) is 9.64. The van der Waals surface area contributed by atoms with Crippen molar-refractivity contribution in [2.45, 2.75) is 13.8 Å². The van der Waals surface area contributed by atoms with Crippen molar-refractivity contribution in [2.24, 2.45) is 0 Å². The number of nitrogens with one attached hydrogen (secondary N) is 1. The quantitative estimate of drug-likeness (QED) is 0.287. The Bertz CT molecular complexity index is 175. The fourth-order valence-corrected chi connectivity index (χ4v) is 0.245. The molecule has 0 atom stereocenters. The highest BCUT2D eigenvalue weighted by Crippen LogP contribution is 1.88. The molecular weight excluding hydrogens is 146 g/mol. The smallest absolute Gasteiger partial charge is 0.355 e. The lowest BCUT2D eigenvalue weighted by Gasteiger charge is -2.01. The molecule has 11 heavy (non-hydrogen) atoms. The van der Waals surface area contributed by atoms with Crippen LogP contribution < -0.4 is 5.64 Å². The first kappa shape index (κ1) is 9.71. The molecule has 4 heteroatoms. The van der Waals surface area contributed by atoms with Gasteiger partial charge in [-0.05, 0) is 13.8 Å². The molecule has 0 unspecified atom stereocenters. The van der Waals surface area contributed by atoms with Crippen molar-refractivity contribution < 1.29 is 14.5 Å². The van der Waals surface area contributed by atoms with Gasteiger partial charge in [0.05, 0.1) is 0 Å². The van der Waals surface area contributed by atoms with Gasteiger partial charge in [0.1, 0.15) is 6.26 Å². The van der Waals surface area contributed by atoms with E-state index in [1.54, 1.807) is 19.9 Å². The molecule has 0 aromatic heterocycles. The van der Waals surface area contributed by atoms with Crippen molar-refractivity contribution in [3.8, 4) is 0 Å². The number of hydrogen-bond donors (Lipinski definition) is 1. The van der Waals surface area contributed by atoms with Gasteiger partial charge in [0.15, 0.2) is 0 Å². The Balaban J connectivity index is 3.39. The Labute approximate surface area is 65.4 Å². The van der Waals surface area contributed by atoms with Crippen molar-refractivity contribution in [1.82, 2.24) is 5.64 Å². The summed E-state index contributed by atoms with van der Waals surface area (Å²) in [4.78, 5) is 19.5. The van der Waals surface area contributed by atoms with Gasteiger partial charge in [0.2, 0.25) is 0 Å². The number of carbonyl (C=O) groups excluding carboxylic acids is 1. The van der Waals surface area contributed by atoms with Crippen molar-refractivity contribution in [3.63, 3.8) is 0 Å². The summed E-state index contributed by atoms with van der Waals surface area (Å²) in [5, 5.41) is 0. The average molecular weight is 157 g/mol. The third-order valence-electron chi connectivity index (χ3n) is 0.735. The zero-order valence-corrected chi connectivity index (χ0v) is 6.59. The lowest BCUT2D eigenvalue weighted by Crippen LogP contribution is -2.18. The van der Waals surface area contributed by atoms with E-state index >= 15 is 0 Å². The van der Waals surface area contributed by atoms with Crippen LogP contribution in [-0.4, -0.2) is 5.97 Å². The van der Waals surface area contributed by atoms with E-state index in [4.69, 9.17) is 0 Å². The number of allylic oxidation sites excluding steroid dienone is 1. The van der Waals surface area contributed by atoms with Gasteiger partial charge in [-0.1, -0.05) is 12.7 Å². The molecule has 0 fully saturated rings. The third-order valence-corrected chi connectivity index (χ3v) is 0.735. The average Bonchev–Trinajstić information content (AvgIpc) is 1.97. The van der Waals surface area contributed by atoms with E-state index in [0.29, 0.717) is 5.57 Å². The van der Waals surface area contributed by atoms with Gasteiger partial charge in [0, 0.05) is 11.2 Å². The van der Waals surface area contributed by atoms with Crippen LogP contribution in [0.5, 0.6) is 0 Å². The van der Waals surface area contributed by atoms with Gasteiger partial charge in [-0.15, -0.1) is 0 Å². The summed E-state index contributed by atoms with van der Waals surface area (Å²) in [5.74, 6) is -0.547. The molecule has 0 aliphatic rings. The van der Waals surface area contributed by atoms with Crippen LogP contribution >= 0.6 is 0 Å². The predicted molar refractivity (Wildman–Crippen MR) is 39.9 cm³/mol. The molecule has 0 aliphatic heterocycles. The van der Waals surface area contributed by atoms with E-state index in [0.717, 1.165) is 0 Å². The summed E-state index contributed by atoms with van der Waals surface area (Å²) in [6, 6.07) is 0. The summed E-state index contributed by atoms with van der Waals surface area (Å²) < 4.78 is 0. The van der Waals surface area contributed by atoms with E-state index in [9.17, 15) is 4.79 Å². The molecule has 0 saturated carbocycles. The summed E-state index contributed by atoms with van der Waals surface area (Å²) in [6.45, 7) is 6.67. The predicted octanol–water partition coefficient (Wildman–Crippen LogP) is 1.08. The lowest BCUT2D eigenvalue weighted by atomic mass is 10.4. The third kappa shape index (κ3) is 5.17. The molecule has 0 rings (SSSR count). The van der Waals surface area contributed by atoms with Gasteiger partial charge in [0.25, 0.3) is 0 Å². The van der Waals surface area contributed by atoms with Crippen LogP contribution in [0.3, 0.4) is 0 Å². The standard InChI is InChI=1S/C7H11NO3/c1-4-5-10-8-11-7(9)6(2)3/h4-5,8H,2H2,1,3H3. The Morgan fingerprint density at radius 1 is 1.64 bits per heavy atom. The Morgan fingerprint density at radius 3 is 2.73 bits per heavy atom. The maximum atomic E-state index is 10.6. The topological polar surface area (TPSA) is 47.6 Å². The molecule has 0 aliphatic carbocycles. The van der Waals surface area contributed by atoms with Crippen molar-refractivity contribution in [2.75, 3.05) is 0 Å². The second-order valence-electron chi connectivity index (χ2n) is 1.84. The van der Waals surface area contributed by atoms with E-state index in [-0.39, 0.29) is 0 Å². The van der Waals surface area contributed by atoms with Crippen molar-refractivity contribution in [1.29, 1.82) is 0 Å². The molecule has 0 aromatic carbocycles. The molecule has 0 saturated heterocycles. The summed E-state index contributed by atoms with van der Waals surface area (Å²) in [6.07, 6.45) is 2.98. The first-order valence-electron chi connectivity index (χ1n) is 3.07. The zero-order chi connectivity index (χ0) is 8.69. The minimum atomic E-state index is -0.547. The highest BCUT2D eigenvalue weighted by Gasteiger charge is 2.00. The van der Waals surface area contributed by atoms with Crippen LogP contribution in [-0.2, 0) is 14.5 Å². The minimum absolute atomic E-state index is 0.307. The Kier molecular flexibility index (Phi) is 4.85. The highest BCUT2D eigenvalue weighted by atomic mass is 16.9. The summed E-state index contributed by atoms with van der Waals surface area (Å²) >= 11 is 0. The summed E-state index contributed by atoms with van der Waals surface area (Å²) in [7, 11) is 0. The maximum Gasteiger partial charge on any atom is 0.355 e. The van der Waals surface area contributed by atoms with Gasteiger partial charge in [-0.25, -0.2) is 4.79 Å². The number of carbonyl (C=O) groups is 1. The molecule has 4 nitrogen and oxygen atoms in total. The molecule has 0 aromatic rings. The molecule has 0 bridgehead atoms. The van der Waals surface area contributed by atoms with Crippen LogP contribution in [0.4, 0.5) is 0 Å². The Morgan fingerprint density at radius 2 is 2.27 bits per heavy atom. The first-order chi connectivity index (χ1) is 5.18. The van der Waals surface area contributed by atoms with Gasteiger partial charge in [-0.3, -0.25) is 0 Å². The van der Waals surface area contributed by atoms with E-state index in [1.807, 2.05) is 5.64 Å². The molecule has 0 radical (unpaired) electrons. The SMILES string of the molecule is C=C(C)C(=O)ONOC=CC. The minimum Gasteiger partial charge on any atom is -0.382 e. The van der Waals surface area contributed by atoms with Gasteiger partial charge in [-0.2, -0.15) is 0 Å². The fraction of sp³-hybridized carbons (Fsp3) is 0.286. The van der Waals surface area contributed by atoms with Crippen molar-refractivity contribution in [3.05, 3.63) is 24.5 Å². The van der Waals surface area contributed by atoms with E-state index in [1.165, 1.54) is 6.26 Å². The van der Waals surface area contributed by atoms with Crippen LogP contribution in [0, 0.1) is 0 Å². The molecule has 62 valence electrons. The molecule has 0 heterocycles. The van der Waals surface area contributed by atoms with E-state index in [2.05, 4.69) is 16.3 Å². The maximum absolute atomic E-state index is 10.6. The van der Waals surface area contributed by atoms with Crippen LogP contribution in [0.25, 0.3) is 0 Å². The van der Waals surface area contributed by atoms with Gasteiger partial charge >= 0.3 is 5.97 Å². The Hall–Kier alpha value is -1.29. The van der Waals surface area contributed by atoms with E-state index < -0.39 is 5.97 Å². The monoisotopic (exact) mass is 157 g/mol. The number of rotatable bonds is 4. The molecular formula is C7H11NO3. The first-order valence-corrected chi connectivity index (χ1v) is 3.07. The fourth-order valence-electron chi connectivity index (χ4n) is 0.245. The van der Waals surface area contributed by atoms with Crippen molar-refractivity contribution >= 4 is 5.97 Å². The van der Waals surface area contributed by atoms with Crippen LogP contribution in [0.1, 0.15) is 13.8 Å². The molecule has 0 amide bonds. The molecule has 0 spiro atoms. The van der Waals surface area contributed by atoms with Gasteiger partial charge < -0.3 is 9.68 Å². The highest BCUT2D eigenvalue weighted by molar-refractivity contribution is 5.86. The lowest BCUT2D eigenvalue weighted by molar-refractivity contribution is -0.173. The number of hydrogen-bond acceptors (Lipinski definition) is 4. The second-order valence-corrected chi connectivity index (χ2v) is 1.84. The molecule has 1 N–H and O–H groups in total. The summed E-state index contributed by atoms with van der Waals surface area (Å²) in [5.41, 5.74) is 2.28. The van der Waals surface area contributed by atoms with Crippen LogP contribution in [0.2, 0.25) is 0 Å². The largest absolute Gasteiger partial charge is 0.382 e. The second kappa shape index (κ2) is 5.49. The zero-order valence-electron chi connectivity index (χ0n) is 6.59.